The highest BCUT2D eigenvalue weighted by atomic mass is 16.5. The second kappa shape index (κ2) is 7.82. The zero-order valence-electron chi connectivity index (χ0n) is 14.9. The molecule has 1 aromatic heterocycles. The molecule has 0 bridgehead atoms. The highest BCUT2D eigenvalue weighted by molar-refractivity contribution is 5.99. The summed E-state index contributed by atoms with van der Waals surface area (Å²) in [7, 11) is 0. The van der Waals surface area contributed by atoms with Gasteiger partial charge in [-0.25, -0.2) is 0 Å². The molecular formula is C23H21NO3. The number of ketones is 1. The first-order chi connectivity index (χ1) is 13.3. The van der Waals surface area contributed by atoms with Gasteiger partial charge in [-0.15, -0.1) is 0 Å². The Balaban J connectivity index is 1.77. The molecule has 0 aliphatic carbocycles. The number of pyridine rings is 1. The van der Waals surface area contributed by atoms with E-state index in [1.165, 1.54) is 0 Å². The first-order valence-electron chi connectivity index (χ1n) is 9.11. The molecular weight excluding hydrogens is 338 g/mol. The predicted molar refractivity (Wildman–Crippen MR) is 104 cm³/mol. The van der Waals surface area contributed by atoms with Crippen molar-refractivity contribution in [3.05, 3.63) is 90.1 Å². The number of rotatable bonds is 4. The third-order valence-electron chi connectivity index (χ3n) is 5.10. The van der Waals surface area contributed by atoms with Gasteiger partial charge in [0.25, 0.3) is 0 Å². The molecule has 0 amide bonds. The lowest BCUT2D eigenvalue weighted by Gasteiger charge is -2.35. The van der Waals surface area contributed by atoms with E-state index in [0.717, 1.165) is 16.8 Å². The lowest BCUT2D eigenvalue weighted by Crippen LogP contribution is -2.43. The van der Waals surface area contributed by atoms with Gasteiger partial charge in [0, 0.05) is 23.2 Å². The van der Waals surface area contributed by atoms with Crippen LogP contribution in [-0.2, 0) is 4.74 Å². The molecule has 0 radical (unpaired) electrons. The number of hydrogen-bond acceptors (Lipinski definition) is 4. The molecule has 4 rings (SSSR count). The van der Waals surface area contributed by atoms with Crippen molar-refractivity contribution in [1.82, 2.24) is 4.98 Å². The Morgan fingerprint density at radius 3 is 2.44 bits per heavy atom. The Kier molecular flexibility index (Phi) is 5.10. The van der Waals surface area contributed by atoms with Gasteiger partial charge in [0.15, 0.2) is 5.78 Å². The van der Waals surface area contributed by atoms with E-state index in [4.69, 9.17) is 4.74 Å². The Labute approximate surface area is 158 Å². The molecule has 1 N–H and O–H groups in total. The molecule has 2 aromatic carbocycles. The van der Waals surface area contributed by atoms with Crippen LogP contribution in [0, 0.1) is 5.92 Å². The second-order valence-electron chi connectivity index (χ2n) is 6.77. The molecule has 1 saturated heterocycles. The van der Waals surface area contributed by atoms with Gasteiger partial charge >= 0.3 is 0 Å². The highest BCUT2D eigenvalue weighted by Crippen LogP contribution is 2.38. The van der Waals surface area contributed by atoms with Crippen LogP contribution in [0.3, 0.4) is 0 Å². The number of aliphatic hydroxyl groups is 1. The monoisotopic (exact) mass is 359 g/mol. The highest BCUT2D eigenvalue weighted by Gasteiger charge is 2.40. The quantitative estimate of drug-likeness (QED) is 0.721. The maximum absolute atomic E-state index is 13.2. The number of carbonyl (C=O) groups excluding carboxylic acids is 1. The number of benzene rings is 2. The number of Topliss-reactive ketones (excluding diaryl/α,β-unsaturated/α-hetero) is 1. The largest absolute Gasteiger partial charge is 0.390 e. The third-order valence-corrected chi connectivity index (χ3v) is 5.10. The summed E-state index contributed by atoms with van der Waals surface area (Å²) in [6, 6.07) is 22.8. The molecule has 136 valence electrons. The van der Waals surface area contributed by atoms with E-state index in [1.807, 2.05) is 60.7 Å². The van der Waals surface area contributed by atoms with Gasteiger partial charge in [-0.1, -0.05) is 60.7 Å². The molecule has 27 heavy (non-hydrogen) atoms. The van der Waals surface area contributed by atoms with Crippen LogP contribution in [0.2, 0.25) is 0 Å². The lowest BCUT2D eigenvalue weighted by atomic mass is 9.75. The summed E-state index contributed by atoms with van der Waals surface area (Å²) in [4.78, 5) is 17.7. The van der Waals surface area contributed by atoms with E-state index in [2.05, 4.69) is 4.98 Å². The average Bonchev–Trinajstić information content (AvgIpc) is 2.74. The van der Waals surface area contributed by atoms with Gasteiger partial charge in [-0.2, -0.15) is 0 Å². The van der Waals surface area contributed by atoms with E-state index in [0.29, 0.717) is 12.2 Å². The van der Waals surface area contributed by atoms with Gasteiger partial charge in [-0.3, -0.25) is 9.78 Å². The first kappa shape index (κ1) is 17.6. The minimum absolute atomic E-state index is 0.0489. The smallest absolute Gasteiger partial charge is 0.169 e. The van der Waals surface area contributed by atoms with Gasteiger partial charge in [-0.05, 0) is 17.7 Å². The molecule has 1 aliphatic heterocycles. The normalized spacial score (nSPS) is 22.3. The summed E-state index contributed by atoms with van der Waals surface area (Å²) in [5, 5.41) is 10.6. The molecule has 0 unspecified atom stereocenters. The van der Waals surface area contributed by atoms with Crippen LogP contribution in [0.1, 0.15) is 21.8 Å². The Bertz CT molecular complexity index is 911. The Morgan fingerprint density at radius 1 is 0.926 bits per heavy atom. The van der Waals surface area contributed by atoms with Crippen molar-refractivity contribution in [2.75, 3.05) is 13.2 Å². The molecule has 3 aromatic rings. The van der Waals surface area contributed by atoms with Crippen LogP contribution in [0.4, 0.5) is 0 Å². The Hall–Kier alpha value is -2.82. The summed E-state index contributed by atoms with van der Waals surface area (Å²) >= 11 is 0. The third kappa shape index (κ3) is 3.54. The van der Waals surface area contributed by atoms with Crippen LogP contribution in [0.15, 0.2) is 79.0 Å². The van der Waals surface area contributed by atoms with Crippen molar-refractivity contribution in [3.63, 3.8) is 0 Å². The number of aliphatic hydroxyl groups excluding tert-OH is 1. The minimum Gasteiger partial charge on any atom is -0.390 e. The van der Waals surface area contributed by atoms with Crippen LogP contribution < -0.4 is 0 Å². The van der Waals surface area contributed by atoms with Crippen LogP contribution in [0.25, 0.3) is 11.3 Å². The van der Waals surface area contributed by atoms with Crippen molar-refractivity contribution in [2.45, 2.75) is 12.0 Å². The molecule has 4 nitrogen and oxygen atoms in total. The van der Waals surface area contributed by atoms with Crippen LogP contribution >= 0.6 is 0 Å². The lowest BCUT2D eigenvalue weighted by molar-refractivity contribution is -0.0474. The van der Waals surface area contributed by atoms with Gasteiger partial charge < -0.3 is 9.84 Å². The summed E-state index contributed by atoms with van der Waals surface area (Å²) < 4.78 is 5.63. The number of nitrogens with zero attached hydrogens (tertiary/aromatic N) is 1. The van der Waals surface area contributed by atoms with Crippen molar-refractivity contribution in [2.24, 2.45) is 5.92 Å². The van der Waals surface area contributed by atoms with Crippen molar-refractivity contribution in [1.29, 1.82) is 0 Å². The van der Waals surface area contributed by atoms with E-state index >= 15 is 0 Å². The predicted octanol–water partition coefficient (Wildman–Crippen LogP) is 3.72. The fourth-order valence-electron chi connectivity index (χ4n) is 3.80. The maximum atomic E-state index is 13.2. The van der Waals surface area contributed by atoms with E-state index < -0.39 is 12.0 Å². The van der Waals surface area contributed by atoms with Gasteiger partial charge in [0.1, 0.15) is 0 Å². The summed E-state index contributed by atoms with van der Waals surface area (Å²) in [6.07, 6.45) is 0.915. The number of hydrogen-bond donors (Lipinski definition) is 1. The van der Waals surface area contributed by atoms with Gasteiger partial charge in [0.05, 0.1) is 30.9 Å². The second-order valence-corrected chi connectivity index (χ2v) is 6.77. The van der Waals surface area contributed by atoms with Gasteiger partial charge in [0.2, 0.25) is 0 Å². The van der Waals surface area contributed by atoms with Crippen LogP contribution in [-0.4, -0.2) is 35.2 Å². The zero-order valence-corrected chi connectivity index (χ0v) is 14.9. The molecule has 2 heterocycles. The molecule has 4 heteroatoms. The minimum atomic E-state index is -0.840. The standard InChI is InChI=1S/C23H21NO3/c25-21-15-27-14-19(22(21)23(26)16-8-2-1-3-9-16)17-10-4-5-11-18(17)20-12-6-7-13-24-20/h1-13,19,21-22,25H,14-15H2/t19-,21+,22-/m0/s1. The molecule has 0 spiro atoms. The summed E-state index contributed by atoms with van der Waals surface area (Å²) in [5.41, 5.74) is 3.40. The van der Waals surface area contributed by atoms with Crippen LogP contribution in [0.5, 0.6) is 0 Å². The summed E-state index contributed by atoms with van der Waals surface area (Å²) in [6.45, 7) is 0.565. The topological polar surface area (TPSA) is 59.4 Å². The first-order valence-corrected chi connectivity index (χ1v) is 9.11. The zero-order chi connectivity index (χ0) is 18.6. The van der Waals surface area contributed by atoms with Crippen molar-refractivity contribution >= 4 is 5.78 Å². The van der Waals surface area contributed by atoms with E-state index in [9.17, 15) is 9.90 Å². The van der Waals surface area contributed by atoms with Crippen molar-refractivity contribution < 1.29 is 14.6 Å². The Morgan fingerprint density at radius 2 is 1.67 bits per heavy atom. The SMILES string of the molecule is O=C(c1ccccc1)[C@@H]1[C@H](O)COC[C@H]1c1ccccc1-c1ccccn1. The van der Waals surface area contributed by atoms with Crippen molar-refractivity contribution in [3.8, 4) is 11.3 Å². The molecule has 1 fully saturated rings. The molecule has 0 saturated carbocycles. The number of ether oxygens (including phenoxy) is 1. The maximum Gasteiger partial charge on any atom is 0.169 e. The number of carbonyl (C=O) groups is 1. The average molecular weight is 359 g/mol. The fourth-order valence-corrected chi connectivity index (χ4v) is 3.80. The van der Waals surface area contributed by atoms with E-state index in [-0.39, 0.29) is 18.3 Å². The summed E-state index contributed by atoms with van der Waals surface area (Å²) in [5.74, 6) is -0.835. The number of aromatic nitrogens is 1. The van der Waals surface area contributed by atoms with E-state index in [1.54, 1.807) is 18.3 Å². The molecule has 1 aliphatic rings. The fraction of sp³-hybridized carbons (Fsp3) is 0.217. The molecule has 3 atom stereocenters.